The molecule has 0 nitrogen and oxygen atoms in total. The first kappa shape index (κ1) is 22.6. The maximum Gasteiger partial charge on any atom is 0.0928 e. The zero-order valence-electron chi connectivity index (χ0n) is 18.8. The Bertz CT molecular complexity index is 571. The minimum absolute atomic E-state index is 0.214. The highest BCUT2D eigenvalue weighted by molar-refractivity contribution is 5.24. The van der Waals surface area contributed by atoms with Gasteiger partial charge in [-0.3, -0.25) is 4.39 Å². The maximum absolute atomic E-state index is 12.1. The molecule has 0 atom stereocenters. The molecule has 0 aliphatic heterocycles. The van der Waals surface area contributed by atoms with Gasteiger partial charge in [0.05, 0.1) is 6.67 Å². The van der Waals surface area contributed by atoms with Crippen molar-refractivity contribution < 1.29 is 4.39 Å². The van der Waals surface area contributed by atoms with E-state index in [2.05, 4.69) is 37.3 Å². The first-order chi connectivity index (χ1) is 14.2. The van der Waals surface area contributed by atoms with Gasteiger partial charge in [0.1, 0.15) is 0 Å². The van der Waals surface area contributed by atoms with Gasteiger partial charge in [-0.05, 0) is 81.1 Å². The maximum atomic E-state index is 12.1. The van der Waals surface area contributed by atoms with Crippen molar-refractivity contribution in [2.24, 2.45) is 17.8 Å². The number of hydrogen-bond acceptors (Lipinski definition) is 0. The molecule has 0 heterocycles. The van der Waals surface area contributed by atoms with E-state index in [4.69, 9.17) is 0 Å². The molecular weight excluding hydrogens is 355 g/mol. The van der Waals surface area contributed by atoms with Crippen LogP contribution in [0.15, 0.2) is 36.4 Å². The molecule has 0 unspecified atom stereocenters. The quantitative estimate of drug-likeness (QED) is 0.272. The van der Waals surface area contributed by atoms with Gasteiger partial charge in [0.2, 0.25) is 0 Å². The van der Waals surface area contributed by atoms with E-state index in [-0.39, 0.29) is 6.67 Å². The second kappa shape index (κ2) is 12.6. The highest BCUT2D eigenvalue weighted by atomic mass is 19.1. The van der Waals surface area contributed by atoms with Crippen molar-refractivity contribution in [2.75, 3.05) is 6.67 Å². The number of hydrogen-bond donors (Lipinski definition) is 0. The first-order valence-corrected chi connectivity index (χ1v) is 12.5. The first-order valence-electron chi connectivity index (χ1n) is 12.5. The van der Waals surface area contributed by atoms with Gasteiger partial charge in [0, 0.05) is 0 Å². The number of aryl methyl sites for hydroxylation is 1. The SMILES string of the molecule is Cc1ccc([C@H]2CC[C@H](CC[C@H]3CC[C@H](CCCC=CCCF)CC3)CC2)cc1. The van der Waals surface area contributed by atoms with Gasteiger partial charge in [-0.2, -0.15) is 0 Å². The lowest BCUT2D eigenvalue weighted by atomic mass is 9.74. The number of rotatable bonds is 10. The molecule has 2 saturated carbocycles. The second-order valence-electron chi connectivity index (χ2n) is 9.97. The number of benzene rings is 1. The van der Waals surface area contributed by atoms with Gasteiger partial charge in [-0.1, -0.05) is 86.9 Å². The molecule has 0 spiro atoms. The predicted octanol–water partition coefficient (Wildman–Crippen LogP) is 8.94. The third-order valence-electron chi connectivity index (χ3n) is 7.77. The van der Waals surface area contributed by atoms with Crippen LogP contribution >= 0.6 is 0 Å². The Morgan fingerprint density at radius 1 is 0.724 bits per heavy atom. The molecule has 2 aliphatic rings. The summed E-state index contributed by atoms with van der Waals surface area (Å²) >= 11 is 0. The van der Waals surface area contributed by atoms with Crippen LogP contribution in [0.2, 0.25) is 0 Å². The molecule has 2 fully saturated rings. The van der Waals surface area contributed by atoms with E-state index in [1.54, 1.807) is 5.56 Å². The fourth-order valence-electron chi connectivity index (χ4n) is 5.73. The normalized spacial score (nSPS) is 28.1. The van der Waals surface area contributed by atoms with Gasteiger partial charge >= 0.3 is 0 Å². The van der Waals surface area contributed by atoms with E-state index in [0.29, 0.717) is 6.42 Å². The molecular formula is C28H43F. The molecule has 1 aromatic rings. The van der Waals surface area contributed by atoms with Crippen molar-refractivity contribution in [3.05, 3.63) is 47.5 Å². The summed E-state index contributed by atoms with van der Waals surface area (Å²) in [6.07, 6.45) is 23.1. The van der Waals surface area contributed by atoms with E-state index in [1.165, 1.54) is 82.6 Å². The van der Waals surface area contributed by atoms with Gasteiger partial charge in [0.15, 0.2) is 0 Å². The summed E-state index contributed by atoms with van der Waals surface area (Å²) < 4.78 is 12.1. The van der Waals surface area contributed by atoms with Crippen molar-refractivity contribution in [1.29, 1.82) is 0 Å². The predicted molar refractivity (Wildman–Crippen MR) is 124 cm³/mol. The van der Waals surface area contributed by atoms with Crippen molar-refractivity contribution in [1.82, 2.24) is 0 Å². The number of halogens is 1. The van der Waals surface area contributed by atoms with Crippen LogP contribution in [0.25, 0.3) is 0 Å². The van der Waals surface area contributed by atoms with Crippen molar-refractivity contribution in [2.45, 2.75) is 103 Å². The van der Waals surface area contributed by atoms with Crippen LogP contribution in [-0.4, -0.2) is 6.67 Å². The fourth-order valence-corrected chi connectivity index (χ4v) is 5.73. The lowest BCUT2D eigenvalue weighted by Crippen LogP contribution is -2.17. The van der Waals surface area contributed by atoms with E-state index < -0.39 is 0 Å². The van der Waals surface area contributed by atoms with E-state index in [0.717, 1.165) is 30.1 Å². The monoisotopic (exact) mass is 398 g/mol. The van der Waals surface area contributed by atoms with Crippen LogP contribution in [-0.2, 0) is 0 Å². The van der Waals surface area contributed by atoms with Crippen LogP contribution in [0.1, 0.15) is 107 Å². The number of unbranched alkanes of at least 4 members (excludes halogenated alkanes) is 1. The molecule has 3 rings (SSSR count). The standard InChI is InChI=1S/C28H43F/c1-23-8-18-27(19-9-23)28-20-16-26(17-21-28)15-14-25-12-10-24(11-13-25)7-5-3-2-4-6-22-29/h2,4,8-9,18-19,24-26,28H,3,5-7,10-17,20-22H2,1H3/t24-,25-,26-,28-. The molecule has 2 aliphatic carbocycles. The largest absolute Gasteiger partial charge is 0.251 e. The molecule has 0 amide bonds. The van der Waals surface area contributed by atoms with Gasteiger partial charge < -0.3 is 0 Å². The summed E-state index contributed by atoms with van der Waals surface area (Å²) in [5.41, 5.74) is 2.95. The number of alkyl halides is 1. The summed E-state index contributed by atoms with van der Waals surface area (Å²) in [4.78, 5) is 0. The summed E-state index contributed by atoms with van der Waals surface area (Å²) in [5.74, 6) is 3.77. The molecule has 0 N–H and O–H groups in total. The van der Waals surface area contributed by atoms with Gasteiger partial charge in [0.25, 0.3) is 0 Å². The Morgan fingerprint density at radius 2 is 1.24 bits per heavy atom. The molecule has 162 valence electrons. The molecule has 0 bridgehead atoms. The zero-order chi connectivity index (χ0) is 20.3. The minimum atomic E-state index is -0.214. The smallest absolute Gasteiger partial charge is 0.0928 e. The van der Waals surface area contributed by atoms with E-state index in [9.17, 15) is 4.39 Å². The Hall–Kier alpha value is -1.11. The summed E-state index contributed by atoms with van der Waals surface area (Å²) in [5, 5.41) is 0. The molecule has 1 heteroatoms. The summed E-state index contributed by atoms with van der Waals surface area (Å²) in [6.45, 7) is 1.97. The Labute approximate surface area is 179 Å². The molecule has 0 radical (unpaired) electrons. The molecule has 29 heavy (non-hydrogen) atoms. The lowest BCUT2D eigenvalue weighted by molar-refractivity contribution is 0.223. The lowest BCUT2D eigenvalue weighted by Gasteiger charge is -2.32. The molecule has 0 aromatic heterocycles. The van der Waals surface area contributed by atoms with Gasteiger partial charge in [-0.15, -0.1) is 0 Å². The number of allylic oxidation sites excluding steroid dienone is 2. The fraction of sp³-hybridized carbons (Fsp3) is 0.714. The van der Waals surface area contributed by atoms with Crippen LogP contribution in [0, 0.1) is 24.7 Å². The molecule has 1 aromatic carbocycles. The third-order valence-corrected chi connectivity index (χ3v) is 7.77. The van der Waals surface area contributed by atoms with Crippen LogP contribution in [0.4, 0.5) is 4.39 Å². The Balaban J connectivity index is 1.25. The van der Waals surface area contributed by atoms with Crippen molar-refractivity contribution in [3.63, 3.8) is 0 Å². The minimum Gasteiger partial charge on any atom is -0.251 e. The average molecular weight is 399 g/mol. The zero-order valence-corrected chi connectivity index (χ0v) is 18.8. The van der Waals surface area contributed by atoms with Crippen molar-refractivity contribution in [3.8, 4) is 0 Å². The van der Waals surface area contributed by atoms with Crippen LogP contribution in [0.5, 0.6) is 0 Å². The van der Waals surface area contributed by atoms with Gasteiger partial charge in [-0.25, -0.2) is 0 Å². The third kappa shape index (κ3) is 7.91. The van der Waals surface area contributed by atoms with E-state index in [1.807, 2.05) is 6.08 Å². The highest BCUT2D eigenvalue weighted by Gasteiger charge is 2.25. The Kier molecular flexibility index (Phi) is 9.77. The van der Waals surface area contributed by atoms with Crippen LogP contribution < -0.4 is 0 Å². The van der Waals surface area contributed by atoms with Crippen LogP contribution in [0.3, 0.4) is 0 Å². The molecule has 0 saturated heterocycles. The second-order valence-corrected chi connectivity index (χ2v) is 9.97. The summed E-state index contributed by atoms with van der Waals surface area (Å²) in [6, 6.07) is 9.28. The topological polar surface area (TPSA) is 0 Å². The highest BCUT2D eigenvalue weighted by Crippen LogP contribution is 2.40. The summed E-state index contributed by atoms with van der Waals surface area (Å²) in [7, 11) is 0. The average Bonchev–Trinajstić information content (AvgIpc) is 2.76. The Morgan fingerprint density at radius 3 is 1.83 bits per heavy atom. The van der Waals surface area contributed by atoms with E-state index >= 15 is 0 Å². The van der Waals surface area contributed by atoms with Crippen molar-refractivity contribution >= 4 is 0 Å².